The van der Waals surface area contributed by atoms with Crippen LogP contribution in [0.3, 0.4) is 0 Å². The van der Waals surface area contributed by atoms with Crippen LogP contribution in [0.15, 0.2) is 12.1 Å². The van der Waals surface area contributed by atoms with Crippen LogP contribution in [-0.4, -0.2) is 30.6 Å². The van der Waals surface area contributed by atoms with Gasteiger partial charge in [0.15, 0.2) is 0 Å². The number of hydrogen-bond donors (Lipinski definition) is 1. The molecule has 1 aromatic heterocycles. The summed E-state index contributed by atoms with van der Waals surface area (Å²) in [5.74, 6) is 0.947. The normalized spacial score (nSPS) is 27.2. The molecule has 0 aromatic carbocycles. The maximum absolute atomic E-state index is 5.98. The molecule has 0 radical (unpaired) electrons. The molecule has 0 bridgehead atoms. The van der Waals surface area contributed by atoms with Crippen LogP contribution in [0.2, 0.25) is 4.34 Å². The van der Waals surface area contributed by atoms with Gasteiger partial charge in [-0.1, -0.05) is 11.6 Å². The van der Waals surface area contributed by atoms with Gasteiger partial charge in [0, 0.05) is 37.1 Å². The molecule has 1 saturated carbocycles. The summed E-state index contributed by atoms with van der Waals surface area (Å²) in [5.41, 5.74) is 0. The van der Waals surface area contributed by atoms with Gasteiger partial charge >= 0.3 is 0 Å². The molecule has 88 valence electrons. The highest BCUT2D eigenvalue weighted by molar-refractivity contribution is 7.16. The molecule has 0 spiro atoms. The van der Waals surface area contributed by atoms with Crippen molar-refractivity contribution in [3.63, 3.8) is 0 Å². The van der Waals surface area contributed by atoms with Crippen LogP contribution in [0.4, 0.5) is 0 Å². The molecule has 16 heavy (non-hydrogen) atoms. The molecular formula is C12H17ClN2S. The van der Waals surface area contributed by atoms with Gasteiger partial charge in [-0.25, -0.2) is 0 Å². The van der Waals surface area contributed by atoms with E-state index in [2.05, 4.69) is 16.3 Å². The first kappa shape index (κ1) is 11.0. The minimum atomic E-state index is 0.759. The van der Waals surface area contributed by atoms with Crippen molar-refractivity contribution in [1.29, 1.82) is 0 Å². The highest BCUT2D eigenvalue weighted by Crippen LogP contribution is 2.36. The summed E-state index contributed by atoms with van der Waals surface area (Å²) in [7, 11) is 0. The Morgan fingerprint density at radius 3 is 3.00 bits per heavy atom. The second-order valence-corrected chi connectivity index (χ2v) is 6.58. The number of nitrogens with one attached hydrogen (secondary N) is 1. The van der Waals surface area contributed by atoms with E-state index in [-0.39, 0.29) is 0 Å². The lowest BCUT2D eigenvalue weighted by Gasteiger charge is -2.36. The molecule has 1 aliphatic carbocycles. The topological polar surface area (TPSA) is 15.3 Å². The SMILES string of the molecule is Clc1ccc(CN2CCNCC2C2CC2)s1. The van der Waals surface area contributed by atoms with E-state index in [1.54, 1.807) is 11.3 Å². The number of rotatable bonds is 3. The van der Waals surface area contributed by atoms with Crippen molar-refractivity contribution < 1.29 is 0 Å². The standard InChI is InChI=1S/C12H17ClN2S/c13-12-4-3-10(16-12)8-15-6-5-14-7-11(15)9-1-2-9/h3-4,9,11,14H,1-2,5-8H2. The Hall–Kier alpha value is -0.0900. The van der Waals surface area contributed by atoms with Crippen molar-refractivity contribution >= 4 is 22.9 Å². The number of nitrogens with zero attached hydrogens (tertiary/aromatic N) is 1. The molecular weight excluding hydrogens is 240 g/mol. The van der Waals surface area contributed by atoms with Crippen LogP contribution in [0.25, 0.3) is 0 Å². The third kappa shape index (κ3) is 2.43. The summed E-state index contributed by atoms with van der Waals surface area (Å²) in [6.07, 6.45) is 2.85. The summed E-state index contributed by atoms with van der Waals surface area (Å²) in [6, 6.07) is 4.93. The van der Waals surface area contributed by atoms with Gasteiger partial charge in [-0.15, -0.1) is 11.3 Å². The first-order chi connectivity index (χ1) is 7.83. The van der Waals surface area contributed by atoms with Gasteiger partial charge in [-0.2, -0.15) is 0 Å². The highest BCUT2D eigenvalue weighted by Gasteiger charge is 2.36. The maximum Gasteiger partial charge on any atom is 0.0931 e. The molecule has 1 atom stereocenters. The molecule has 1 saturated heterocycles. The lowest BCUT2D eigenvalue weighted by molar-refractivity contribution is 0.137. The van der Waals surface area contributed by atoms with Gasteiger partial charge in [-0.3, -0.25) is 4.90 Å². The van der Waals surface area contributed by atoms with E-state index >= 15 is 0 Å². The van der Waals surface area contributed by atoms with Crippen LogP contribution in [0.1, 0.15) is 17.7 Å². The van der Waals surface area contributed by atoms with Crippen molar-refractivity contribution in [3.05, 3.63) is 21.3 Å². The molecule has 2 nitrogen and oxygen atoms in total. The lowest BCUT2D eigenvalue weighted by Crippen LogP contribution is -2.51. The summed E-state index contributed by atoms with van der Waals surface area (Å²) in [4.78, 5) is 4.04. The van der Waals surface area contributed by atoms with E-state index in [4.69, 9.17) is 11.6 Å². The monoisotopic (exact) mass is 256 g/mol. The summed E-state index contributed by atoms with van der Waals surface area (Å²) in [6.45, 7) is 4.56. The van der Waals surface area contributed by atoms with Crippen molar-refractivity contribution in [3.8, 4) is 0 Å². The van der Waals surface area contributed by atoms with Gasteiger partial charge in [0.1, 0.15) is 0 Å². The molecule has 2 heterocycles. The molecule has 3 rings (SSSR count). The Morgan fingerprint density at radius 2 is 2.31 bits per heavy atom. The average molecular weight is 257 g/mol. The fraction of sp³-hybridized carbons (Fsp3) is 0.667. The smallest absolute Gasteiger partial charge is 0.0931 e. The Balaban J connectivity index is 1.67. The molecule has 2 fully saturated rings. The molecule has 1 aliphatic heterocycles. The molecule has 1 N–H and O–H groups in total. The second-order valence-electron chi connectivity index (χ2n) is 4.79. The minimum absolute atomic E-state index is 0.759. The maximum atomic E-state index is 5.98. The molecule has 1 aromatic rings. The summed E-state index contributed by atoms with van der Waals surface area (Å²) >= 11 is 7.70. The number of hydrogen-bond acceptors (Lipinski definition) is 3. The van der Waals surface area contributed by atoms with E-state index in [0.29, 0.717) is 0 Å². The van der Waals surface area contributed by atoms with Gasteiger partial charge in [0.05, 0.1) is 4.34 Å². The quantitative estimate of drug-likeness (QED) is 0.894. The second kappa shape index (κ2) is 4.65. The average Bonchev–Trinajstić information content (AvgIpc) is 3.04. The number of halogens is 1. The van der Waals surface area contributed by atoms with Crippen molar-refractivity contribution in [2.45, 2.75) is 25.4 Å². The molecule has 4 heteroatoms. The van der Waals surface area contributed by atoms with E-state index in [9.17, 15) is 0 Å². The van der Waals surface area contributed by atoms with E-state index in [0.717, 1.165) is 29.4 Å². The van der Waals surface area contributed by atoms with E-state index < -0.39 is 0 Å². The van der Waals surface area contributed by atoms with E-state index in [1.807, 2.05) is 6.07 Å². The Kier molecular flexibility index (Phi) is 3.20. The van der Waals surface area contributed by atoms with Gasteiger partial charge in [0.2, 0.25) is 0 Å². The number of thiophene rings is 1. The van der Waals surface area contributed by atoms with Gasteiger partial charge < -0.3 is 5.32 Å². The number of piperazine rings is 1. The molecule has 2 aliphatic rings. The Labute approximate surface area is 106 Å². The van der Waals surface area contributed by atoms with Crippen LogP contribution < -0.4 is 5.32 Å². The van der Waals surface area contributed by atoms with Crippen molar-refractivity contribution in [1.82, 2.24) is 10.2 Å². The van der Waals surface area contributed by atoms with Crippen molar-refractivity contribution in [2.75, 3.05) is 19.6 Å². The Bertz CT molecular complexity index is 362. The van der Waals surface area contributed by atoms with Crippen LogP contribution in [0, 0.1) is 5.92 Å². The Morgan fingerprint density at radius 1 is 1.44 bits per heavy atom. The third-order valence-electron chi connectivity index (χ3n) is 3.55. The predicted octanol–water partition coefficient (Wildman–Crippen LogP) is 2.59. The van der Waals surface area contributed by atoms with Crippen LogP contribution >= 0.6 is 22.9 Å². The van der Waals surface area contributed by atoms with Crippen molar-refractivity contribution in [2.24, 2.45) is 5.92 Å². The highest BCUT2D eigenvalue weighted by atomic mass is 35.5. The zero-order valence-corrected chi connectivity index (χ0v) is 10.9. The first-order valence-electron chi connectivity index (χ1n) is 6.02. The van der Waals surface area contributed by atoms with Crippen LogP contribution in [0.5, 0.6) is 0 Å². The molecule has 0 amide bonds. The summed E-state index contributed by atoms with van der Waals surface area (Å²) in [5, 5.41) is 3.51. The summed E-state index contributed by atoms with van der Waals surface area (Å²) < 4.78 is 0.910. The fourth-order valence-electron chi connectivity index (χ4n) is 2.55. The van der Waals surface area contributed by atoms with Gasteiger partial charge in [-0.05, 0) is 30.9 Å². The largest absolute Gasteiger partial charge is 0.314 e. The molecule has 1 unspecified atom stereocenters. The van der Waals surface area contributed by atoms with E-state index in [1.165, 1.54) is 30.8 Å². The van der Waals surface area contributed by atoms with Gasteiger partial charge in [0.25, 0.3) is 0 Å². The minimum Gasteiger partial charge on any atom is -0.314 e. The zero-order valence-electron chi connectivity index (χ0n) is 9.29. The van der Waals surface area contributed by atoms with Crippen LogP contribution in [-0.2, 0) is 6.54 Å². The fourth-order valence-corrected chi connectivity index (χ4v) is 3.66. The zero-order chi connectivity index (χ0) is 11.0. The first-order valence-corrected chi connectivity index (χ1v) is 7.21. The predicted molar refractivity (Wildman–Crippen MR) is 69.1 cm³/mol. The third-order valence-corrected chi connectivity index (χ3v) is 4.77. The lowest BCUT2D eigenvalue weighted by atomic mass is 10.1.